The molecule has 1 aromatic rings. The van der Waals surface area contributed by atoms with Gasteiger partial charge in [0.2, 0.25) is 0 Å². The normalized spacial score (nSPS) is 10.8. The summed E-state index contributed by atoms with van der Waals surface area (Å²) in [4.78, 5) is 3.73. The van der Waals surface area contributed by atoms with E-state index in [4.69, 9.17) is 0 Å². The highest BCUT2D eigenvalue weighted by Gasteiger charge is 2.15. The summed E-state index contributed by atoms with van der Waals surface area (Å²) in [5.74, 6) is 0. The molecule has 1 nitrogen and oxygen atoms in total. The number of nitrogens with zero attached hydrogens (tertiary/aromatic N) is 1. The zero-order valence-corrected chi connectivity index (χ0v) is 9.86. The summed E-state index contributed by atoms with van der Waals surface area (Å²) in [5, 5.41) is 0. The first-order valence-corrected chi connectivity index (χ1v) is 5.00. The van der Waals surface area contributed by atoms with Crippen molar-refractivity contribution >= 4 is 38.5 Å². The van der Waals surface area contributed by atoms with Gasteiger partial charge in [0.1, 0.15) is 5.69 Å². The molecule has 0 aliphatic carbocycles. The molecule has 5 heteroatoms. The highest BCUT2D eigenvalue weighted by Crippen LogP contribution is 2.29. The summed E-state index contributed by atoms with van der Waals surface area (Å²) in [6.07, 6.45) is -2.52. The Morgan fingerprint density at radius 2 is 2.17 bits per heavy atom. The molecule has 0 spiro atoms. The Balaban J connectivity index is 3.28. The fourth-order valence-electron chi connectivity index (χ4n) is 0.785. The van der Waals surface area contributed by atoms with Crippen LogP contribution in [0.4, 0.5) is 8.78 Å². The molecule has 12 heavy (non-hydrogen) atoms. The van der Waals surface area contributed by atoms with Gasteiger partial charge in [-0.05, 0) is 51.5 Å². The summed E-state index contributed by atoms with van der Waals surface area (Å²) < 4.78 is 25.7. The first-order valence-electron chi connectivity index (χ1n) is 3.13. The number of aromatic nitrogens is 1. The van der Waals surface area contributed by atoms with Crippen molar-refractivity contribution in [3.8, 4) is 0 Å². The van der Waals surface area contributed by atoms with Gasteiger partial charge in [-0.2, -0.15) is 0 Å². The molecule has 0 bridgehead atoms. The number of alkyl halides is 2. The van der Waals surface area contributed by atoms with Gasteiger partial charge in [0, 0.05) is 9.26 Å². The first-order chi connectivity index (χ1) is 5.52. The van der Waals surface area contributed by atoms with Crippen LogP contribution >= 0.6 is 38.5 Å². The van der Waals surface area contributed by atoms with Crippen LogP contribution in [0.25, 0.3) is 0 Å². The summed E-state index contributed by atoms with van der Waals surface area (Å²) in [6.45, 7) is 1.69. The number of hydrogen-bond donors (Lipinski definition) is 0. The van der Waals surface area contributed by atoms with Crippen molar-refractivity contribution in [1.82, 2.24) is 4.98 Å². The minimum absolute atomic E-state index is 0.181. The predicted molar refractivity (Wildman–Crippen MR) is 54.3 cm³/mol. The molecule has 0 unspecified atom stereocenters. The van der Waals surface area contributed by atoms with Crippen LogP contribution in [0.3, 0.4) is 0 Å². The predicted octanol–water partition coefficient (Wildman–Crippen LogP) is 3.69. The Bertz CT molecular complexity index is 304. The molecule has 0 aliphatic rings. The average Bonchev–Trinajstić information content (AvgIpc) is 1.96. The molecule has 0 aliphatic heterocycles. The average molecular weight is 348 g/mol. The second kappa shape index (κ2) is 3.95. The maximum absolute atomic E-state index is 12.3. The van der Waals surface area contributed by atoms with Crippen LogP contribution in [0.5, 0.6) is 0 Å². The first kappa shape index (κ1) is 10.3. The van der Waals surface area contributed by atoms with Crippen LogP contribution in [-0.4, -0.2) is 4.98 Å². The topological polar surface area (TPSA) is 12.9 Å². The minimum atomic E-state index is -2.52. The highest BCUT2D eigenvalue weighted by atomic mass is 127. The molecule has 0 saturated heterocycles. The number of hydrogen-bond acceptors (Lipinski definition) is 1. The lowest BCUT2D eigenvalue weighted by molar-refractivity contribution is 0.145. The lowest BCUT2D eigenvalue weighted by Gasteiger charge is -2.05. The lowest BCUT2D eigenvalue weighted by Crippen LogP contribution is -1.96. The number of rotatable bonds is 1. The van der Waals surface area contributed by atoms with E-state index in [0.717, 1.165) is 3.57 Å². The third-order valence-electron chi connectivity index (χ3n) is 1.27. The Labute approximate surface area is 90.8 Å². The van der Waals surface area contributed by atoms with Gasteiger partial charge in [0.25, 0.3) is 6.43 Å². The third-order valence-corrected chi connectivity index (χ3v) is 3.70. The molecule has 1 rings (SSSR count). The molecular formula is C7H5BrF2IN. The van der Waals surface area contributed by atoms with Gasteiger partial charge >= 0.3 is 0 Å². The van der Waals surface area contributed by atoms with Crippen molar-refractivity contribution in [1.29, 1.82) is 0 Å². The van der Waals surface area contributed by atoms with Crippen LogP contribution < -0.4 is 0 Å². The maximum atomic E-state index is 12.3. The quantitative estimate of drug-likeness (QED) is 0.706. The molecule has 0 radical (unpaired) electrons. The van der Waals surface area contributed by atoms with Crippen molar-refractivity contribution in [3.05, 3.63) is 25.5 Å². The van der Waals surface area contributed by atoms with E-state index in [1.165, 1.54) is 0 Å². The zero-order chi connectivity index (χ0) is 9.30. The van der Waals surface area contributed by atoms with E-state index in [1.54, 1.807) is 13.0 Å². The van der Waals surface area contributed by atoms with Crippen LogP contribution in [0.15, 0.2) is 10.5 Å². The summed E-state index contributed by atoms with van der Waals surface area (Å²) in [7, 11) is 0. The number of pyridine rings is 1. The van der Waals surface area contributed by atoms with E-state index in [1.807, 2.05) is 22.6 Å². The molecule has 0 amide bonds. The third kappa shape index (κ3) is 2.12. The Hall–Kier alpha value is 0.220. The lowest BCUT2D eigenvalue weighted by atomic mass is 10.3. The molecule has 0 saturated carbocycles. The number of halogens is 4. The van der Waals surface area contributed by atoms with Gasteiger partial charge in [0.15, 0.2) is 0 Å². The highest BCUT2D eigenvalue weighted by molar-refractivity contribution is 14.1. The summed E-state index contributed by atoms with van der Waals surface area (Å²) in [5.41, 5.74) is 0.428. The maximum Gasteiger partial charge on any atom is 0.281 e. The summed E-state index contributed by atoms with van der Waals surface area (Å²) in [6, 6.07) is 1.75. The van der Waals surface area contributed by atoms with Crippen molar-refractivity contribution in [2.45, 2.75) is 13.3 Å². The van der Waals surface area contributed by atoms with E-state index in [-0.39, 0.29) is 5.69 Å². The Kier molecular flexibility index (Phi) is 3.39. The van der Waals surface area contributed by atoms with Crippen molar-refractivity contribution < 1.29 is 8.78 Å². The molecule has 1 heterocycles. The van der Waals surface area contributed by atoms with Gasteiger partial charge in [0.05, 0.1) is 4.47 Å². The van der Waals surface area contributed by atoms with E-state index in [9.17, 15) is 8.78 Å². The van der Waals surface area contributed by atoms with Crippen molar-refractivity contribution in [3.63, 3.8) is 0 Å². The van der Waals surface area contributed by atoms with Gasteiger partial charge in [-0.3, -0.25) is 4.98 Å². The molecular weight excluding hydrogens is 343 g/mol. The largest absolute Gasteiger partial charge is 0.281 e. The van der Waals surface area contributed by atoms with E-state index in [0.29, 0.717) is 10.2 Å². The standard InChI is InChI=1S/C7H5BrF2IN/c1-3-2-4(11)5(8)6(12-3)7(9)10/h2,7H,1H3. The van der Waals surface area contributed by atoms with Crippen LogP contribution in [0.1, 0.15) is 17.8 Å². The Morgan fingerprint density at radius 1 is 1.58 bits per heavy atom. The molecule has 0 atom stereocenters. The zero-order valence-electron chi connectivity index (χ0n) is 6.11. The fraction of sp³-hybridized carbons (Fsp3) is 0.286. The SMILES string of the molecule is Cc1cc(I)c(Br)c(C(F)F)n1. The second-order valence-electron chi connectivity index (χ2n) is 2.25. The molecule has 66 valence electrons. The molecule has 0 N–H and O–H groups in total. The monoisotopic (exact) mass is 347 g/mol. The smallest absolute Gasteiger partial charge is 0.251 e. The van der Waals surface area contributed by atoms with Gasteiger partial charge < -0.3 is 0 Å². The van der Waals surface area contributed by atoms with Gasteiger partial charge in [-0.1, -0.05) is 0 Å². The summed E-state index contributed by atoms with van der Waals surface area (Å²) >= 11 is 5.05. The van der Waals surface area contributed by atoms with Gasteiger partial charge in [-0.25, -0.2) is 8.78 Å². The van der Waals surface area contributed by atoms with Gasteiger partial charge in [-0.15, -0.1) is 0 Å². The molecule has 1 aromatic heterocycles. The second-order valence-corrected chi connectivity index (χ2v) is 4.20. The van der Waals surface area contributed by atoms with E-state index < -0.39 is 6.43 Å². The van der Waals surface area contributed by atoms with Crippen molar-refractivity contribution in [2.24, 2.45) is 0 Å². The van der Waals surface area contributed by atoms with E-state index in [2.05, 4.69) is 20.9 Å². The van der Waals surface area contributed by atoms with Crippen LogP contribution in [0.2, 0.25) is 0 Å². The molecule has 0 fully saturated rings. The number of aryl methyl sites for hydroxylation is 1. The molecule has 0 aromatic carbocycles. The Morgan fingerprint density at radius 3 is 2.67 bits per heavy atom. The van der Waals surface area contributed by atoms with Crippen LogP contribution in [0, 0.1) is 10.5 Å². The van der Waals surface area contributed by atoms with Crippen LogP contribution in [-0.2, 0) is 0 Å². The van der Waals surface area contributed by atoms with Crippen molar-refractivity contribution in [2.75, 3.05) is 0 Å². The van der Waals surface area contributed by atoms with E-state index >= 15 is 0 Å². The minimum Gasteiger partial charge on any atom is -0.251 e. The fourth-order valence-corrected chi connectivity index (χ4v) is 1.89.